The summed E-state index contributed by atoms with van der Waals surface area (Å²) in [5.74, 6) is -0.255. The molecule has 26 heavy (non-hydrogen) atoms. The van der Waals surface area contributed by atoms with Gasteiger partial charge in [-0.1, -0.05) is 13.0 Å². The lowest BCUT2D eigenvalue weighted by atomic mass is 10.1. The van der Waals surface area contributed by atoms with E-state index in [1.54, 1.807) is 16.2 Å². The molecule has 3 rings (SSSR count). The molecule has 1 aliphatic heterocycles. The van der Waals surface area contributed by atoms with E-state index in [0.717, 1.165) is 33.8 Å². The van der Waals surface area contributed by atoms with Gasteiger partial charge in [-0.15, -0.1) is 11.3 Å². The van der Waals surface area contributed by atoms with Crippen LogP contribution in [0.2, 0.25) is 0 Å². The van der Waals surface area contributed by atoms with Gasteiger partial charge in [-0.2, -0.15) is 0 Å². The number of hydrogen-bond donors (Lipinski definition) is 1. The lowest BCUT2D eigenvalue weighted by Gasteiger charge is -2.23. The molecule has 0 bridgehead atoms. The summed E-state index contributed by atoms with van der Waals surface area (Å²) in [5, 5.41) is 4.82. The Morgan fingerprint density at radius 1 is 1.31 bits per heavy atom. The largest absolute Gasteiger partial charge is 0.355 e. The average molecular weight is 369 g/mol. The molecule has 0 fully saturated rings. The Kier molecular flexibility index (Phi) is 5.52. The number of anilines is 1. The first-order valence-corrected chi connectivity index (χ1v) is 9.67. The molecule has 136 valence electrons. The van der Waals surface area contributed by atoms with E-state index in [4.69, 9.17) is 4.99 Å². The third kappa shape index (κ3) is 3.85. The van der Waals surface area contributed by atoms with Gasteiger partial charge in [-0.3, -0.25) is 9.59 Å². The third-order valence-corrected chi connectivity index (χ3v) is 5.36. The fourth-order valence-electron chi connectivity index (χ4n) is 2.87. The Morgan fingerprint density at radius 3 is 2.77 bits per heavy atom. The fraction of sp³-hybridized carbons (Fsp3) is 0.350. The van der Waals surface area contributed by atoms with Crippen molar-refractivity contribution in [3.05, 3.63) is 45.6 Å². The minimum atomic E-state index is -0.149. The van der Waals surface area contributed by atoms with Crippen molar-refractivity contribution in [1.82, 2.24) is 5.32 Å². The summed E-state index contributed by atoms with van der Waals surface area (Å²) in [7, 11) is 0. The molecular formula is C20H23N3O2S. The Balaban J connectivity index is 2.01. The summed E-state index contributed by atoms with van der Waals surface area (Å²) < 4.78 is 0. The number of hydrogen-bond acceptors (Lipinski definition) is 4. The second kappa shape index (κ2) is 7.83. The van der Waals surface area contributed by atoms with Crippen molar-refractivity contribution in [2.24, 2.45) is 4.99 Å². The second-order valence-electron chi connectivity index (χ2n) is 6.47. The van der Waals surface area contributed by atoms with Gasteiger partial charge in [-0.25, -0.2) is 4.99 Å². The molecular weight excluding hydrogens is 346 g/mol. The SMILES string of the molecule is CCCNC(=O)CN1C(=O)CC(c2cccs2)=Nc2cc(C)c(C)cc21. The van der Waals surface area contributed by atoms with Gasteiger partial charge in [0.1, 0.15) is 6.54 Å². The van der Waals surface area contributed by atoms with Gasteiger partial charge in [0.05, 0.1) is 23.5 Å². The summed E-state index contributed by atoms with van der Waals surface area (Å²) in [6.45, 7) is 6.66. The lowest BCUT2D eigenvalue weighted by molar-refractivity contribution is -0.123. The second-order valence-corrected chi connectivity index (χ2v) is 7.42. The molecule has 0 spiro atoms. The maximum Gasteiger partial charge on any atom is 0.240 e. The van der Waals surface area contributed by atoms with Crippen LogP contribution in [0.15, 0.2) is 34.6 Å². The molecule has 6 heteroatoms. The number of thiophene rings is 1. The quantitative estimate of drug-likeness (QED) is 0.872. The van der Waals surface area contributed by atoms with Crippen LogP contribution >= 0.6 is 11.3 Å². The van der Waals surface area contributed by atoms with Gasteiger partial charge in [0.2, 0.25) is 11.8 Å². The lowest BCUT2D eigenvalue weighted by Crippen LogP contribution is -2.41. The highest BCUT2D eigenvalue weighted by molar-refractivity contribution is 7.12. The number of amides is 2. The zero-order chi connectivity index (χ0) is 18.7. The molecule has 0 radical (unpaired) electrons. The first kappa shape index (κ1) is 18.3. The Morgan fingerprint density at radius 2 is 2.08 bits per heavy atom. The van der Waals surface area contributed by atoms with E-state index < -0.39 is 0 Å². The van der Waals surface area contributed by atoms with Crippen molar-refractivity contribution in [1.29, 1.82) is 0 Å². The highest BCUT2D eigenvalue weighted by Crippen LogP contribution is 2.35. The maximum atomic E-state index is 13.0. The van der Waals surface area contributed by atoms with Crippen molar-refractivity contribution in [3.8, 4) is 0 Å². The van der Waals surface area contributed by atoms with Gasteiger partial charge < -0.3 is 10.2 Å². The third-order valence-electron chi connectivity index (χ3n) is 4.44. The minimum absolute atomic E-state index is 0.0155. The monoisotopic (exact) mass is 369 g/mol. The Labute approximate surface area is 157 Å². The van der Waals surface area contributed by atoms with E-state index in [1.807, 2.05) is 50.4 Å². The molecule has 2 heterocycles. The Bertz CT molecular complexity index is 856. The normalized spacial score (nSPS) is 13.9. The van der Waals surface area contributed by atoms with Gasteiger partial charge in [0, 0.05) is 11.4 Å². The van der Waals surface area contributed by atoms with Crippen LogP contribution in [0.5, 0.6) is 0 Å². The molecule has 0 aliphatic carbocycles. The number of carbonyl (C=O) groups is 2. The number of fused-ring (bicyclic) bond motifs is 1. The highest BCUT2D eigenvalue weighted by Gasteiger charge is 2.27. The zero-order valence-corrected chi connectivity index (χ0v) is 16.2. The number of nitrogens with one attached hydrogen (secondary N) is 1. The molecule has 0 saturated heterocycles. The van der Waals surface area contributed by atoms with Crippen molar-refractivity contribution >= 4 is 40.2 Å². The number of carbonyl (C=O) groups excluding carboxylic acids is 2. The van der Waals surface area contributed by atoms with Crippen LogP contribution in [-0.4, -0.2) is 30.6 Å². The van der Waals surface area contributed by atoms with Crippen LogP contribution < -0.4 is 10.2 Å². The van der Waals surface area contributed by atoms with E-state index in [1.165, 1.54) is 0 Å². The van der Waals surface area contributed by atoms with Crippen molar-refractivity contribution < 1.29 is 9.59 Å². The number of aliphatic imine (C=N–C) groups is 1. The van der Waals surface area contributed by atoms with E-state index in [9.17, 15) is 9.59 Å². The predicted octanol–water partition coefficient (Wildman–Crippen LogP) is 3.75. The number of aryl methyl sites for hydroxylation is 2. The van der Waals surface area contributed by atoms with Crippen molar-refractivity contribution in [2.75, 3.05) is 18.0 Å². The molecule has 1 N–H and O–H groups in total. The summed E-state index contributed by atoms with van der Waals surface area (Å²) in [5.41, 5.74) is 4.39. The summed E-state index contributed by atoms with van der Waals surface area (Å²) >= 11 is 1.57. The van der Waals surface area contributed by atoms with Crippen LogP contribution in [-0.2, 0) is 9.59 Å². The van der Waals surface area contributed by atoms with Gasteiger partial charge >= 0.3 is 0 Å². The smallest absolute Gasteiger partial charge is 0.240 e. The standard InChI is InChI=1S/C20H23N3O2S/c1-4-7-21-19(24)12-23-17-10-14(3)13(2)9-15(17)22-16(11-20(23)25)18-6-5-8-26-18/h5-6,8-10H,4,7,11-12H2,1-3H3,(H,21,24). The highest BCUT2D eigenvalue weighted by atomic mass is 32.1. The van der Waals surface area contributed by atoms with Crippen LogP contribution in [0.25, 0.3) is 0 Å². The van der Waals surface area contributed by atoms with Crippen molar-refractivity contribution in [3.63, 3.8) is 0 Å². The molecule has 1 aromatic heterocycles. The molecule has 0 atom stereocenters. The summed E-state index contributed by atoms with van der Waals surface area (Å²) in [6.07, 6.45) is 1.05. The topological polar surface area (TPSA) is 61.8 Å². The molecule has 0 unspecified atom stereocenters. The first-order valence-electron chi connectivity index (χ1n) is 8.79. The van der Waals surface area contributed by atoms with Crippen LogP contribution in [0, 0.1) is 13.8 Å². The van der Waals surface area contributed by atoms with E-state index in [-0.39, 0.29) is 24.8 Å². The van der Waals surface area contributed by atoms with E-state index in [0.29, 0.717) is 12.2 Å². The number of nitrogens with zero attached hydrogens (tertiary/aromatic N) is 2. The van der Waals surface area contributed by atoms with E-state index >= 15 is 0 Å². The van der Waals surface area contributed by atoms with Crippen LogP contribution in [0.1, 0.15) is 35.8 Å². The number of benzene rings is 1. The van der Waals surface area contributed by atoms with Gasteiger partial charge in [0.15, 0.2) is 0 Å². The molecule has 1 aliphatic rings. The van der Waals surface area contributed by atoms with Crippen LogP contribution in [0.3, 0.4) is 0 Å². The molecule has 5 nitrogen and oxygen atoms in total. The first-order chi connectivity index (χ1) is 12.5. The van der Waals surface area contributed by atoms with Gasteiger partial charge in [-0.05, 0) is 55.0 Å². The van der Waals surface area contributed by atoms with Crippen molar-refractivity contribution in [2.45, 2.75) is 33.6 Å². The van der Waals surface area contributed by atoms with Crippen LogP contribution in [0.4, 0.5) is 11.4 Å². The molecule has 0 saturated carbocycles. The zero-order valence-electron chi connectivity index (χ0n) is 15.3. The number of rotatable bonds is 5. The fourth-order valence-corrected chi connectivity index (χ4v) is 3.59. The molecule has 2 amide bonds. The van der Waals surface area contributed by atoms with Gasteiger partial charge in [0.25, 0.3) is 0 Å². The molecule has 2 aromatic rings. The summed E-state index contributed by atoms with van der Waals surface area (Å²) in [6, 6.07) is 7.88. The predicted molar refractivity (Wildman–Crippen MR) is 107 cm³/mol. The average Bonchev–Trinajstić information content (AvgIpc) is 3.11. The summed E-state index contributed by atoms with van der Waals surface area (Å²) in [4.78, 5) is 32.6. The van der Waals surface area contributed by atoms with E-state index in [2.05, 4.69) is 5.32 Å². The minimum Gasteiger partial charge on any atom is -0.355 e. The molecule has 1 aromatic carbocycles. The maximum absolute atomic E-state index is 13.0. The Hall–Kier alpha value is -2.47.